The molecule has 1 saturated carbocycles. The molecule has 3 aliphatic rings. The van der Waals surface area contributed by atoms with Crippen LogP contribution in [0.25, 0.3) is 10.8 Å². The SMILES string of the molecule is O=C(N1CC[C@@H](Oc2ccc3ccncc3c2)[C@H](O)C1)C1(N2CCCC2)CCCC1. The maximum Gasteiger partial charge on any atom is 0.243 e. The number of fused-ring (bicyclic) bond motifs is 1. The zero-order valence-electron chi connectivity index (χ0n) is 17.5. The number of piperidine rings is 1. The molecule has 30 heavy (non-hydrogen) atoms. The molecule has 6 heteroatoms. The molecule has 5 rings (SSSR count). The highest BCUT2D eigenvalue weighted by atomic mass is 16.5. The van der Waals surface area contributed by atoms with E-state index in [-0.39, 0.29) is 17.6 Å². The maximum atomic E-state index is 13.6. The van der Waals surface area contributed by atoms with Crippen LogP contribution >= 0.6 is 0 Å². The molecular formula is C24H31N3O3. The first-order chi connectivity index (χ1) is 14.7. The fourth-order valence-electron chi connectivity index (χ4n) is 5.61. The van der Waals surface area contributed by atoms with Gasteiger partial charge >= 0.3 is 0 Å². The number of aromatic nitrogens is 1. The van der Waals surface area contributed by atoms with Crippen molar-refractivity contribution >= 4 is 16.7 Å². The van der Waals surface area contributed by atoms with Crippen LogP contribution in [0.15, 0.2) is 36.7 Å². The van der Waals surface area contributed by atoms with Crippen molar-refractivity contribution in [1.82, 2.24) is 14.8 Å². The molecule has 1 aromatic carbocycles. The predicted molar refractivity (Wildman–Crippen MR) is 115 cm³/mol. The molecule has 0 bridgehead atoms. The molecule has 3 fully saturated rings. The van der Waals surface area contributed by atoms with Crippen LogP contribution in [0.1, 0.15) is 44.9 Å². The summed E-state index contributed by atoms with van der Waals surface area (Å²) in [6.45, 7) is 3.06. The quantitative estimate of drug-likeness (QED) is 0.841. The van der Waals surface area contributed by atoms with Crippen molar-refractivity contribution in [1.29, 1.82) is 0 Å². The summed E-state index contributed by atoms with van der Waals surface area (Å²) in [5.41, 5.74) is -0.324. The van der Waals surface area contributed by atoms with Gasteiger partial charge in [0.15, 0.2) is 0 Å². The van der Waals surface area contributed by atoms with Gasteiger partial charge in [-0.05, 0) is 62.4 Å². The van der Waals surface area contributed by atoms with Crippen LogP contribution in [-0.2, 0) is 4.79 Å². The number of amides is 1. The molecule has 2 saturated heterocycles. The van der Waals surface area contributed by atoms with Crippen LogP contribution in [0, 0.1) is 0 Å². The van der Waals surface area contributed by atoms with Crippen molar-refractivity contribution in [3.05, 3.63) is 36.7 Å². The normalized spacial score (nSPS) is 26.9. The van der Waals surface area contributed by atoms with Crippen molar-refractivity contribution in [2.75, 3.05) is 26.2 Å². The average molecular weight is 410 g/mol. The van der Waals surface area contributed by atoms with Crippen LogP contribution in [0.5, 0.6) is 5.75 Å². The molecule has 0 radical (unpaired) electrons. The Bertz CT molecular complexity index is 905. The Morgan fingerprint density at radius 2 is 1.87 bits per heavy atom. The first-order valence-electron chi connectivity index (χ1n) is 11.4. The highest BCUT2D eigenvalue weighted by Crippen LogP contribution is 2.39. The lowest BCUT2D eigenvalue weighted by atomic mass is 9.91. The highest BCUT2D eigenvalue weighted by molar-refractivity contribution is 5.87. The number of carbonyl (C=O) groups excluding carboxylic acids is 1. The summed E-state index contributed by atoms with van der Waals surface area (Å²) in [6.07, 6.45) is 9.82. The van der Waals surface area contributed by atoms with E-state index in [1.54, 1.807) is 6.20 Å². The smallest absolute Gasteiger partial charge is 0.243 e. The molecule has 1 N–H and O–H groups in total. The second-order valence-corrected chi connectivity index (χ2v) is 9.08. The minimum absolute atomic E-state index is 0.233. The van der Waals surface area contributed by atoms with Crippen LogP contribution in [0.3, 0.4) is 0 Å². The Hall–Kier alpha value is -2.18. The van der Waals surface area contributed by atoms with Gasteiger partial charge in [0.05, 0.1) is 6.54 Å². The number of aliphatic hydroxyl groups excluding tert-OH is 1. The molecule has 1 aromatic heterocycles. The molecule has 1 amide bonds. The molecular weight excluding hydrogens is 378 g/mol. The van der Waals surface area contributed by atoms with Gasteiger partial charge in [0, 0.05) is 30.7 Å². The molecule has 1 aliphatic carbocycles. The summed E-state index contributed by atoms with van der Waals surface area (Å²) in [5, 5.41) is 12.9. The number of benzene rings is 1. The summed E-state index contributed by atoms with van der Waals surface area (Å²) in [6, 6.07) is 7.88. The van der Waals surface area contributed by atoms with Crippen molar-refractivity contribution in [3.8, 4) is 5.75 Å². The summed E-state index contributed by atoms with van der Waals surface area (Å²) >= 11 is 0. The van der Waals surface area contributed by atoms with Crippen molar-refractivity contribution in [2.24, 2.45) is 0 Å². The Morgan fingerprint density at radius 1 is 1.07 bits per heavy atom. The topological polar surface area (TPSA) is 65.9 Å². The summed E-state index contributed by atoms with van der Waals surface area (Å²) < 4.78 is 6.13. The van der Waals surface area contributed by atoms with Crippen LogP contribution in [0.2, 0.25) is 0 Å². The summed E-state index contributed by atoms with van der Waals surface area (Å²) in [4.78, 5) is 22.1. The fourth-order valence-corrected chi connectivity index (χ4v) is 5.61. The molecule has 2 atom stereocenters. The molecule has 2 aromatic rings. The van der Waals surface area contributed by atoms with E-state index in [9.17, 15) is 9.90 Å². The van der Waals surface area contributed by atoms with Gasteiger partial charge in [-0.3, -0.25) is 14.7 Å². The predicted octanol–water partition coefficient (Wildman–Crippen LogP) is 2.98. The monoisotopic (exact) mass is 409 g/mol. The second kappa shape index (κ2) is 8.16. The van der Waals surface area contributed by atoms with Crippen molar-refractivity contribution in [3.63, 3.8) is 0 Å². The third kappa shape index (κ3) is 3.56. The lowest BCUT2D eigenvalue weighted by Gasteiger charge is -2.44. The first-order valence-corrected chi connectivity index (χ1v) is 11.4. The molecule has 2 aliphatic heterocycles. The minimum atomic E-state index is -0.677. The number of ether oxygens (including phenoxy) is 1. The number of nitrogens with zero attached hydrogens (tertiary/aromatic N) is 3. The summed E-state index contributed by atoms with van der Waals surface area (Å²) in [5.74, 6) is 0.972. The van der Waals surface area contributed by atoms with Gasteiger partial charge in [-0.15, -0.1) is 0 Å². The first kappa shape index (κ1) is 19.8. The Morgan fingerprint density at radius 3 is 2.63 bits per heavy atom. The van der Waals surface area contributed by atoms with Gasteiger partial charge in [-0.2, -0.15) is 0 Å². The van der Waals surface area contributed by atoms with E-state index in [1.165, 1.54) is 12.8 Å². The number of β-amino-alcohol motifs (C(OH)–C–C–N with tert-alkyl or cyclic N) is 1. The number of likely N-dealkylation sites (tertiary alicyclic amines) is 2. The van der Waals surface area contributed by atoms with Gasteiger partial charge < -0.3 is 14.7 Å². The van der Waals surface area contributed by atoms with Crippen molar-refractivity contribution < 1.29 is 14.6 Å². The third-order valence-corrected chi connectivity index (χ3v) is 7.25. The zero-order valence-corrected chi connectivity index (χ0v) is 17.5. The molecule has 6 nitrogen and oxygen atoms in total. The molecule has 3 heterocycles. The minimum Gasteiger partial charge on any atom is -0.488 e. The molecule has 160 valence electrons. The standard InChI is InChI=1S/C24H31N3O3/c28-21-17-26(23(29)24(9-1-2-10-24)27-12-3-4-13-27)14-8-22(21)30-20-6-5-18-7-11-25-16-19(18)15-20/h5-7,11,15-16,21-22,28H,1-4,8-10,12-14,17H2/t21-,22-/m1/s1. The number of pyridine rings is 1. The highest BCUT2D eigenvalue weighted by Gasteiger charge is 2.49. The summed E-state index contributed by atoms with van der Waals surface area (Å²) in [7, 11) is 0. The lowest BCUT2D eigenvalue weighted by molar-refractivity contribution is -0.149. The van der Waals surface area contributed by atoms with Gasteiger partial charge in [-0.25, -0.2) is 0 Å². The molecule has 0 spiro atoms. The lowest BCUT2D eigenvalue weighted by Crippen LogP contribution is -2.61. The number of aliphatic hydroxyl groups is 1. The van der Waals surface area contributed by atoms with E-state index >= 15 is 0 Å². The van der Waals surface area contributed by atoms with Crippen molar-refractivity contribution in [2.45, 2.75) is 62.7 Å². The fraction of sp³-hybridized carbons (Fsp3) is 0.583. The van der Waals surface area contributed by atoms with Gasteiger partial charge in [0.1, 0.15) is 23.5 Å². The van der Waals surface area contributed by atoms with E-state index in [4.69, 9.17) is 4.74 Å². The Labute approximate surface area is 177 Å². The number of hydrogen-bond acceptors (Lipinski definition) is 5. The zero-order chi connectivity index (χ0) is 20.6. The largest absolute Gasteiger partial charge is 0.488 e. The van der Waals surface area contributed by atoms with Gasteiger partial charge in [-0.1, -0.05) is 18.9 Å². The second-order valence-electron chi connectivity index (χ2n) is 9.08. The third-order valence-electron chi connectivity index (χ3n) is 7.25. The van der Waals surface area contributed by atoms with Crippen LogP contribution < -0.4 is 4.74 Å². The van der Waals surface area contributed by atoms with E-state index in [0.29, 0.717) is 19.5 Å². The van der Waals surface area contributed by atoms with E-state index in [0.717, 1.165) is 55.3 Å². The Balaban J connectivity index is 1.26. The maximum absolute atomic E-state index is 13.6. The van der Waals surface area contributed by atoms with Gasteiger partial charge in [0.2, 0.25) is 5.91 Å². The van der Waals surface area contributed by atoms with E-state index in [1.807, 2.05) is 35.4 Å². The van der Waals surface area contributed by atoms with E-state index in [2.05, 4.69) is 9.88 Å². The number of carbonyl (C=O) groups is 1. The number of rotatable bonds is 4. The van der Waals surface area contributed by atoms with Crippen LogP contribution in [0.4, 0.5) is 0 Å². The molecule has 0 unspecified atom stereocenters. The van der Waals surface area contributed by atoms with Gasteiger partial charge in [0.25, 0.3) is 0 Å². The van der Waals surface area contributed by atoms with Crippen LogP contribution in [-0.4, -0.2) is 69.7 Å². The number of hydrogen-bond donors (Lipinski definition) is 1. The Kier molecular flexibility index (Phi) is 5.37. The average Bonchev–Trinajstić information content (AvgIpc) is 3.47. The van der Waals surface area contributed by atoms with E-state index < -0.39 is 6.10 Å².